The minimum atomic E-state index is -0.522. The van der Waals surface area contributed by atoms with E-state index in [0.717, 1.165) is 15.6 Å². The molecule has 0 bridgehead atoms. The van der Waals surface area contributed by atoms with E-state index in [-0.39, 0.29) is 11.6 Å². The molecule has 1 amide bonds. The van der Waals surface area contributed by atoms with Gasteiger partial charge in [-0.3, -0.25) is 19.9 Å². The van der Waals surface area contributed by atoms with Gasteiger partial charge in [-0.05, 0) is 42.3 Å². The lowest BCUT2D eigenvalue weighted by Gasteiger charge is -2.28. The molecule has 0 spiro atoms. The van der Waals surface area contributed by atoms with Crippen LogP contribution in [0.2, 0.25) is 0 Å². The molecule has 0 fully saturated rings. The molecule has 0 radical (unpaired) electrons. The summed E-state index contributed by atoms with van der Waals surface area (Å²) in [4.78, 5) is 32.7. The Bertz CT molecular complexity index is 1510. The van der Waals surface area contributed by atoms with Gasteiger partial charge in [0.2, 0.25) is 11.1 Å². The molecule has 1 unspecified atom stereocenters. The van der Waals surface area contributed by atoms with Gasteiger partial charge in [-0.2, -0.15) is 4.98 Å². The number of allylic oxidation sites excluding steroid dienone is 1. The largest absolute Gasteiger partial charge is 0.328 e. The molecule has 0 saturated heterocycles. The lowest BCUT2D eigenvalue weighted by atomic mass is 9.95. The number of hydrogen-bond donors (Lipinski definition) is 2. The van der Waals surface area contributed by atoms with Crippen molar-refractivity contribution < 1.29 is 9.72 Å². The van der Waals surface area contributed by atoms with E-state index in [4.69, 9.17) is 5.10 Å². The number of carbonyl (C=O) groups is 1. The van der Waals surface area contributed by atoms with Gasteiger partial charge in [-0.1, -0.05) is 52.0 Å². The molecule has 1 atom stereocenters. The molecule has 2 N–H and O–H groups in total. The summed E-state index contributed by atoms with van der Waals surface area (Å²) in [5.41, 5.74) is 3.58. The number of non-ortho nitro benzene ring substituents is 1. The number of aromatic nitrogens is 4. The fourth-order valence-corrected chi connectivity index (χ4v) is 5.17. The van der Waals surface area contributed by atoms with Gasteiger partial charge in [-0.15, -0.1) is 5.10 Å². The number of amides is 1. The van der Waals surface area contributed by atoms with Crippen LogP contribution in [-0.2, 0) is 10.5 Å². The molecule has 2 aromatic heterocycles. The van der Waals surface area contributed by atoms with E-state index in [1.165, 1.54) is 23.9 Å². The van der Waals surface area contributed by atoms with Crippen LogP contribution in [0.15, 0.2) is 94.0 Å². The Labute approximate surface area is 224 Å². The van der Waals surface area contributed by atoms with Crippen LogP contribution in [0.3, 0.4) is 0 Å². The molecule has 10 nitrogen and oxygen atoms in total. The fourth-order valence-electron chi connectivity index (χ4n) is 3.97. The molecule has 1 aliphatic rings. The van der Waals surface area contributed by atoms with Crippen LogP contribution in [0.1, 0.15) is 24.1 Å². The molecule has 0 saturated carbocycles. The second-order valence-corrected chi connectivity index (χ2v) is 10.1. The first kappa shape index (κ1) is 24.7. The predicted octanol–water partition coefficient (Wildman–Crippen LogP) is 5.56. The summed E-state index contributed by atoms with van der Waals surface area (Å²) in [6.07, 6.45) is 3.23. The Morgan fingerprint density at radius 1 is 1.22 bits per heavy atom. The highest BCUT2D eigenvalue weighted by molar-refractivity contribution is 9.10. The average molecular weight is 578 g/mol. The van der Waals surface area contributed by atoms with Crippen molar-refractivity contribution >= 4 is 50.9 Å². The van der Waals surface area contributed by atoms with E-state index in [1.54, 1.807) is 41.3 Å². The van der Waals surface area contributed by atoms with Crippen molar-refractivity contribution in [3.63, 3.8) is 0 Å². The number of hydrogen-bond acceptors (Lipinski definition) is 8. The minimum Gasteiger partial charge on any atom is -0.328 e. The van der Waals surface area contributed by atoms with Gasteiger partial charge in [0, 0.05) is 34.3 Å². The number of fused-ring (bicyclic) bond motifs is 1. The molecule has 3 heterocycles. The summed E-state index contributed by atoms with van der Waals surface area (Å²) < 4.78 is 2.59. The lowest BCUT2D eigenvalue weighted by molar-refractivity contribution is -0.384. The van der Waals surface area contributed by atoms with Gasteiger partial charge >= 0.3 is 0 Å². The first-order valence-electron chi connectivity index (χ1n) is 11.2. The van der Waals surface area contributed by atoms with E-state index in [2.05, 4.69) is 36.5 Å². The topological polar surface area (TPSA) is 128 Å². The van der Waals surface area contributed by atoms with E-state index in [0.29, 0.717) is 33.8 Å². The Morgan fingerprint density at radius 2 is 2.03 bits per heavy atom. The molecule has 4 aromatic rings. The molecule has 0 aliphatic carbocycles. The second-order valence-electron chi connectivity index (χ2n) is 8.19. The number of rotatable bonds is 7. The highest BCUT2D eigenvalue weighted by atomic mass is 79.9. The standard InChI is InChI=1S/C25H20BrN7O3S/c1-15-21(23(34)29-19-6-3-11-27-13-19)22(17-4-2-5-18(26)12-17)32-24(28-15)30-25(31-32)37-14-16-7-9-20(10-8-16)33(35)36/h2-13,22H,14H2,1H3,(H,29,34)(H,28,30,31). The number of anilines is 2. The minimum absolute atomic E-state index is 0.0454. The zero-order chi connectivity index (χ0) is 25.9. The highest BCUT2D eigenvalue weighted by Gasteiger charge is 2.34. The maximum absolute atomic E-state index is 13.5. The SMILES string of the molecule is CC1=C(C(=O)Nc2cccnc2)C(c2cccc(Br)c2)n2nc(SCc3ccc([N+](=O)[O-])cc3)nc2N1. The van der Waals surface area contributed by atoms with Crippen LogP contribution in [0.25, 0.3) is 0 Å². The van der Waals surface area contributed by atoms with Crippen molar-refractivity contribution in [2.75, 3.05) is 10.6 Å². The third kappa shape index (κ3) is 5.39. The Hall–Kier alpha value is -4.03. The van der Waals surface area contributed by atoms with Crippen LogP contribution in [0.5, 0.6) is 0 Å². The number of pyridine rings is 1. The number of carbonyl (C=O) groups excluding carboxylic acids is 1. The van der Waals surface area contributed by atoms with Crippen molar-refractivity contribution in [1.29, 1.82) is 0 Å². The first-order valence-corrected chi connectivity index (χ1v) is 12.9. The summed E-state index contributed by atoms with van der Waals surface area (Å²) in [5.74, 6) is 0.778. The number of nitrogens with zero attached hydrogens (tertiary/aromatic N) is 5. The fraction of sp³-hybridized carbons (Fsp3) is 0.120. The monoisotopic (exact) mass is 577 g/mol. The smallest absolute Gasteiger partial charge is 0.269 e. The number of thioether (sulfide) groups is 1. The average Bonchev–Trinajstić information content (AvgIpc) is 3.29. The summed E-state index contributed by atoms with van der Waals surface area (Å²) in [5, 5.41) is 22.3. The normalized spacial score (nSPS) is 14.6. The van der Waals surface area contributed by atoms with E-state index >= 15 is 0 Å². The molecule has 186 valence electrons. The van der Waals surface area contributed by atoms with Gasteiger partial charge in [0.25, 0.3) is 11.6 Å². The van der Waals surface area contributed by atoms with Crippen LogP contribution in [-0.4, -0.2) is 30.6 Å². The molecule has 2 aromatic carbocycles. The summed E-state index contributed by atoms with van der Waals surface area (Å²) in [7, 11) is 0. The van der Waals surface area contributed by atoms with Crippen LogP contribution >= 0.6 is 27.7 Å². The van der Waals surface area contributed by atoms with Gasteiger partial charge < -0.3 is 10.6 Å². The van der Waals surface area contributed by atoms with Crippen molar-refractivity contribution in [2.45, 2.75) is 23.9 Å². The van der Waals surface area contributed by atoms with Gasteiger partial charge in [-0.25, -0.2) is 4.68 Å². The van der Waals surface area contributed by atoms with Crippen molar-refractivity contribution in [2.24, 2.45) is 0 Å². The van der Waals surface area contributed by atoms with Crippen molar-refractivity contribution in [1.82, 2.24) is 19.7 Å². The van der Waals surface area contributed by atoms with Crippen molar-refractivity contribution in [3.05, 3.63) is 110 Å². The van der Waals surface area contributed by atoms with Gasteiger partial charge in [0.05, 0.1) is 22.4 Å². The van der Waals surface area contributed by atoms with Crippen LogP contribution in [0.4, 0.5) is 17.3 Å². The number of halogens is 1. The van der Waals surface area contributed by atoms with Crippen molar-refractivity contribution in [3.8, 4) is 0 Å². The summed E-state index contributed by atoms with van der Waals surface area (Å²) >= 11 is 4.94. The lowest BCUT2D eigenvalue weighted by Crippen LogP contribution is -2.31. The molecule has 37 heavy (non-hydrogen) atoms. The van der Waals surface area contributed by atoms with E-state index in [9.17, 15) is 14.9 Å². The predicted molar refractivity (Wildman–Crippen MR) is 144 cm³/mol. The molecule has 1 aliphatic heterocycles. The van der Waals surface area contributed by atoms with E-state index in [1.807, 2.05) is 31.2 Å². The Balaban J connectivity index is 1.45. The third-order valence-electron chi connectivity index (χ3n) is 5.68. The number of nitrogens with one attached hydrogen (secondary N) is 2. The molecule has 12 heteroatoms. The summed E-state index contributed by atoms with van der Waals surface area (Å²) in [6.45, 7) is 1.84. The first-order chi connectivity index (χ1) is 17.9. The van der Waals surface area contributed by atoms with Crippen LogP contribution < -0.4 is 10.6 Å². The molecule has 5 rings (SSSR count). The summed E-state index contributed by atoms with van der Waals surface area (Å²) in [6, 6.07) is 17.1. The van der Waals surface area contributed by atoms with Gasteiger partial charge in [0.15, 0.2) is 0 Å². The number of nitro benzene ring substituents is 1. The Kier molecular flexibility index (Phi) is 7.01. The highest BCUT2D eigenvalue weighted by Crippen LogP contribution is 2.37. The zero-order valence-electron chi connectivity index (χ0n) is 19.5. The van der Waals surface area contributed by atoms with Gasteiger partial charge in [0.1, 0.15) is 6.04 Å². The number of benzene rings is 2. The quantitative estimate of drug-likeness (QED) is 0.166. The second kappa shape index (κ2) is 10.5. The Morgan fingerprint density at radius 3 is 2.73 bits per heavy atom. The molecular weight excluding hydrogens is 558 g/mol. The number of nitro groups is 1. The maximum atomic E-state index is 13.5. The maximum Gasteiger partial charge on any atom is 0.269 e. The van der Waals surface area contributed by atoms with Crippen LogP contribution in [0, 0.1) is 10.1 Å². The third-order valence-corrected chi connectivity index (χ3v) is 7.08. The van der Waals surface area contributed by atoms with E-state index < -0.39 is 11.0 Å². The molecular formula is C25H20BrN7O3S. The zero-order valence-corrected chi connectivity index (χ0v) is 21.9.